The SMILES string of the molecule is CCOc1cc(/C=N/N2C(=O)N[C@@](C)(c3ccccc3)C2=O)ccc1O. The number of amides is 3. The Morgan fingerprint density at radius 2 is 1.96 bits per heavy atom. The van der Waals surface area contributed by atoms with Gasteiger partial charge in [0.25, 0.3) is 5.91 Å². The van der Waals surface area contributed by atoms with E-state index in [0.717, 1.165) is 5.01 Å². The lowest BCUT2D eigenvalue weighted by molar-refractivity contribution is -0.131. The highest BCUT2D eigenvalue weighted by atomic mass is 16.5. The molecule has 0 aromatic heterocycles. The van der Waals surface area contributed by atoms with Crippen molar-refractivity contribution in [3.63, 3.8) is 0 Å². The van der Waals surface area contributed by atoms with E-state index in [0.29, 0.717) is 23.5 Å². The number of phenolic OH excluding ortho intramolecular Hbond substituents is 1. The number of phenols is 1. The number of rotatable bonds is 5. The van der Waals surface area contributed by atoms with Crippen LogP contribution in [0.4, 0.5) is 4.79 Å². The van der Waals surface area contributed by atoms with Crippen molar-refractivity contribution in [2.45, 2.75) is 19.4 Å². The van der Waals surface area contributed by atoms with E-state index in [2.05, 4.69) is 10.4 Å². The van der Waals surface area contributed by atoms with Gasteiger partial charge in [-0.05, 0) is 43.2 Å². The zero-order chi connectivity index (χ0) is 18.7. The normalized spacial score (nSPS) is 19.8. The van der Waals surface area contributed by atoms with Gasteiger partial charge in [0.05, 0.1) is 12.8 Å². The van der Waals surface area contributed by atoms with Crippen molar-refractivity contribution in [1.82, 2.24) is 10.3 Å². The molecular weight excluding hydrogens is 334 g/mol. The molecule has 1 saturated heterocycles. The Labute approximate surface area is 150 Å². The quantitative estimate of drug-likeness (QED) is 0.638. The van der Waals surface area contributed by atoms with Crippen molar-refractivity contribution in [2.24, 2.45) is 5.10 Å². The van der Waals surface area contributed by atoms with E-state index in [-0.39, 0.29) is 5.75 Å². The summed E-state index contributed by atoms with van der Waals surface area (Å²) >= 11 is 0. The lowest BCUT2D eigenvalue weighted by Crippen LogP contribution is -2.40. The van der Waals surface area contributed by atoms with E-state index >= 15 is 0 Å². The molecule has 1 aliphatic rings. The highest BCUT2D eigenvalue weighted by Crippen LogP contribution is 2.29. The maximum Gasteiger partial charge on any atom is 0.346 e. The molecule has 2 aromatic rings. The zero-order valence-electron chi connectivity index (χ0n) is 14.5. The van der Waals surface area contributed by atoms with Crippen LogP contribution in [-0.4, -0.2) is 34.9 Å². The predicted octanol–water partition coefficient (Wildman–Crippen LogP) is 2.59. The van der Waals surface area contributed by atoms with E-state index in [1.807, 2.05) is 6.07 Å². The van der Waals surface area contributed by atoms with Crippen LogP contribution in [0.15, 0.2) is 53.6 Å². The Bertz CT molecular complexity index is 866. The largest absolute Gasteiger partial charge is 0.504 e. The molecular formula is C19H19N3O4. The topological polar surface area (TPSA) is 91.2 Å². The second kappa shape index (κ2) is 6.87. The van der Waals surface area contributed by atoms with Crippen LogP contribution in [0.1, 0.15) is 25.0 Å². The number of carbonyl (C=O) groups is 2. The van der Waals surface area contributed by atoms with Gasteiger partial charge in [0, 0.05) is 0 Å². The van der Waals surface area contributed by atoms with Gasteiger partial charge < -0.3 is 15.2 Å². The summed E-state index contributed by atoms with van der Waals surface area (Å²) in [7, 11) is 0. The minimum Gasteiger partial charge on any atom is -0.504 e. The number of nitrogens with zero attached hydrogens (tertiary/aromatic N) is 2. The summed E-state index contributed by atoms with van der Waals surface area (Å²) in [5.41, 5.74) is 0.0979. The maximum atomic E-state index is 12.7. The number of hydrogen-bond donors (Lipinski definition) is 2. The number of nitrogens with one attached hydrogen (secondary N) is 1. The molecule has 1 atom stereocenters. The van der Waals surface area contributed by atoms with Crippen LogP contribution in [0.25, 0.3) is 0 Å². The van der Waals surface area contributed by atoms with Crippen molar-refractivity contribution in [3.8, 4) is 11.5 Å². The second-order valence-corrected chi connectivity index (χ2v) is 5.94. The van der Waals surface area contributed by atoms with E-state index < -0.39 is 17.5 Å². The Morgan fingerprint density at radius 3 is 2.65 bits per heavy atom. The average Bonchev–Trinajstić information content (AvgIpc) is 2.86. The van der Waals surface area contributed by atoms with Crippen LogP contribution in [0.5, 0.6) is 11.5 Å². The van der Waals surface area contributed by atoms with Gasteiger partial charge in [-0.3, -0.25) is 4.79 Å². The van der Waals surface area contributed by atoms with Crippen molar-refractivity contribution >= 4 is 18.2 Å². The molecule has 0 saturated carbocycles. The number of hydrogen-bond acceptors (Lipinski definition) is 5. The number of urea groups is 1. The van der Waals surface area contributed by atoms with Gasteiger partial charge in [-0.2, -0.15) is 5.10 Å². The summed E-state index contributed by atoms with van der Waals surface area (Å²) in [5, 5.41) is 17.2. The first-order valence-electron chi connectivity index (χ1n) is 8.17. The summed E-state index contributed by atoms with van der Waals surface area (Å²) in [6, 6.07) is 13.1. The summed E-state index contributed by atoms with van der Waals surface area (Å²) in [4.78, 5) is 25.0. The average molecular weight is 353 g/mol. The monoisotopic (exact) mass is 353 g/mol. The minimum atomic E-state index is -1.17. The first-order valence-corrected chi connectivity index (χ1v) is 8.17. The predicted molar refractivity (Wildman–Crippen MR) is 96.0 cm³/mol. The van der Waals surface area contributed by atoms with Crippen LogP contribution < -0.4 is 10.1 Å². The molecule has 0 radical (unpaired) electrons. The lowest BCUT2D eigenvalue weighted by Gasteiger charge is -2.20. The smallest absolute Gasteiger partial charge is 0.346 e. The fraction of sp³-hybridized carbons (Fsp3) is 0.211. The third kappa shape index (κ3) is 3.11. The number of imide groups is 1. The van der Waals surface area contributed by atoms with E-state index in [1.165, 1.54) is 12.3 Å². The Balaban J connectivity index is 1.84. The number of hydrazone groups is 1. The van der Waals surface area contributed by atoms with Crippen LogP contribution in [0.2, 0.25) is 0 Å². The zero-order valence-corrected chi connectivity index (χ0v) is 14.5. The third-order valence-corrected chi connectivity index (χ3v) is 4.13. The van der Waals surface area contributed by atoms with Gasteiger partial charge in [0.1, 0.15) is 5.54 Å². The molecule has 7 nitrogen and oxygen atoms in total. The maximum absolute atomic E-state index is 12.7. The van der Waals surface area contributed by atoms with Crippen molar-refractivity contribution in [2.75, 3.05) is 6.61 Å². The number of carbonyl (C=O) groups excluding carboxylic acids is 2. The van der Waals surface area contributed by atoms with Crippen molar-refractivity contribution < 1.29 is 19.4 Å². The molecule has 2 aromatic carbocycles. The molecule has 1 fully saturated rings. The van der Waals surface area contributed by atoms with Crippen LogP contribution in [0, 0.1) is 0 Å². The minimum absolute atomic E-state index is 0.00986. The Morgan fingerprint density at radius 1 is 1.23 bits per heavy atom. The fourth-order valence-electron chi connectivity index (χ4n) is 2.70. The first kappa shape index (κ1) is 17.5. The number of aromatic hydroxyl groups is 1. The molecule has 7 heteroatoms. The van der Waals surface area contributed by atoms with Crippen molar-refractivity contribution in [1.29, 1.82) is 0 Å². The van der Waals surface area contributed by atoms with Crippen molar-refractivity contribution in [3.05, 3.63) is 59.7 Å². The van der Waals surface area contributed by atoms with Gasteiger partial charge in [-0.15, -0.1) is 5.01 Å². The lowest BCUT2D eigenvalue weighted by atomic mass is 9.92. The standard InChI is InChI=1S/C19H19N3O4/c1-3-26-16-11-13(9-10-15(16)23)12-20-22-17(24)19(2,21-18(22)25)14-7-5-4-6-8-14/h4-12,23H,3H2,1-2H3,(H,21,25)/b20-12+/t19-/m0/s1. The summed E-state index contributed by atoms with van der Waals surface area (Å²) in [6.07, 6.45) is 1.37. The highest BCUT2D eigenvalue weighted by molar-refractivity contribution is 6.07. The second-order valence-electron chi connectivity index (χ2n) is 5.94. The van der Waals surface area contributed by atoms with Gasteiger partial charge in [-0.1, -0.05) is 30.3 Å². The van der Waals surface area contributed by atoms with Crippen LogP contribution in [-0.2, 0) is 10.3 Å². The molecule has 0 unspecified atom stereocenters. The van der Waals surface area contributed by atoms with E-state index in [9.17, 15) is 14.7 Å². The van der Waals surface area contributed by atoms with Gasteiger partial charge in [-0.25, -0.2) is 4.79 Å². The van der Waals surface area contributed by atoms with Crippen LogP contribution >= 0.6 is 0 Å². The Hall–Kier alpha value is -3.35. The highest BCUT2D eigenvalue weighted by Gasteiger charge is 2.49. The van der Waals surface area contributed by atoms with Crippen LogP contribution in [0.3, 0.4) is 0 Å². The van der Waals surface area contributed by atoms with E-state index in [4.69, 9.17) is 4.74 Å². The molecule has 0 bridgehead atoms. The molecule has 134 valence electrons. The van der Waals surface area contributed by atoms with Gasteiger partial charge in [0.2, 0.25) is 0 Å². The molecule has 26 heavy (non-hydrogen) atoms. The number of benzene rings is 2. The third-order valence-electron chi connectivity index (χ3n) is 4.13. The molecule has 3 rings (SSSR count). The van der Waals surface area contributed by atoms with E-state index in [1.54, 1.807) is 50.2 Å². The van der Waals surface area contributed by atoms with Gasteiger partial charge >= 0.3 is 6.03 Å². The summed E-state index contributed by atoms with van der Waals surface area (Å²) in [6.45, 7) is 3.85. The summed E-state index contributed by atoms with van der Waals surface area (Å²) in [5.74, 6) is -0.146. The molecule has 3 amide bonds. The van der Waals surface area contributed by atoms with Gasteiger partial charge in [0.15, 0.2) is 11.5 Å². The summed E-state index contributed by atoms with van der Waals surface area (Å²) < 4.78 is 5.31. The Kier molecular flexibility index (Phi) is 4.62. The molecule has 0 aliphatic carbocycles. The molecule has 0 spiro atoms. The molecule has 2 N–H and O–H groups in total. The number of ether oxygens (including phenoxy) is 1. The molecule has 1 heterocycles. The molecule has 1 aliphatic heterocycles. The fourth-order valence-corrected chi connectivity index (χ4v) is 2.70. The first-order chi connectivity index (χ1) is 12.5.